The van der Waals surface area contributed by atoms with Crippen LogP contribution in [0.15, 0.2) is 42.6 Å². The minimum Gasteiger partial charge on any atom is -0.303 e. The molecule has 1 aliphatic rings. The Hall–Kier alpha value is -1.91. The molecule has 1 amide bonds. The number of aldehydes is 1. The number of hydrogen-bond donors (Lipinski definition) is 0. The molecule has 0 aliphatic carbocycles. The van der Waals surface area contributed by atoms with Crippen molar-refractivity contribution in [3.8, 4) is 0 Å². The van der Waals surface area contributed by atoms with Crippen molar-refractivity contribution in [1.82, 2.24) is 4.98 Å². The number of piperidine rings is 1. The second kappa shape index (κ2) is 7.32. The van der Waals surface area contributed by atoms with E-state index in [-0.39, 0.29) is 24.3 Å². The molecule has 0 saturated carbocycles. The zero-order valence-electron chi connectivity index (χ0n) is 12.9. The van der Waals surface area contributed by atoms with Gasteiger partial charge in [-0.25, -0.2) is 4.98 Å². The average molecular weight is 363 g/mol. The fourth-order valence-corrected chi connectivity index (χ4v) is 3.56. The predicted octanol–water partition coefficient (Wildman–Crippen LogP) is 4.26. The minimum absolute atomic E-state index is 0.00433. The van der Waals surface area contributed by atoms with Gasteiger partial charge >= 0.3 is 0 Å². The highest BCUT2D eigenvalue weighted by Crippen LogP contribution is 2.38. The van der Waals surface area contributed by atoms with E-state index in [4.69, 9.17) is 23.2 Å². The Kier molecular flexibility index (Phi) is 5.17. The van der Waals surface area contributed by atoms with Crippen molar-refractivity contribution in [2.45, 2.75) is 31.2 Å². The molecule has 124 valence electrons. The van der Waals surface area contributed by atoms with Gasteiger partial charge in [-0.2, -0.15) is 0 Å². The third-order valence-corrected chi connectivity index (χ3v) is 5.08. The second-order valence-electron chi connectivity index (χ2n) is 5.74. The molecule has 0 N–H and O–H groups in total. The SMILES string of the molecule is O=CCC1[C@H](c2ccc(Cl)c(Cl)c2)CCC(=O)N1c1ccccn1. The average Bonchev–Trinajstić information content (AvgIpc) is 2.59. The third kappa shape index (κ3) is 3.30. The molecule has 0 spiro atoms. The van der Waals surface area contributed by atoms with Crippen molar-refractivity contribution in [3.05, 3.63) is 58.2 Å². The van der Waals surface area contributed by atoms with Crippen molar-refractivity contribution in [3.63, 3.8) is 0 Å². The number of rotatable bonds is 4. The molecular formula is C18H16Cl2N2O2. The maximum atomic E-state index is 12.5. The van der Waals surface area contributed by atoms with Crippen LogP contribution in [0.4, 0.5) is 5.82 Å². The van der Waals surface area contributed by atoms with Gasteiger partial charge in [-0.15, -0.1) is 0 Å². The Morgan fingerprint density at radius 3 is 2.71 bits per heavy atom. The minimum atomic E-state index is -0.282. The van der Waals surface area contributed by atoms with Gasteiger partial charge in [0.2, 0.25) is 5.91 Å². The first-order valence-corrected chi connectivity index (χ1v) is 8.49. The van der Waals surface area contributed by atoms with E-state index in [1.165, 1.54) is 0 Å². The van der Waals surface area contributed by atoms with Crippen LogP contribution in [0.5, 0.6) is 0 Å². The Balaban J connectivity index is 2.01. The van der Waals surface area contributed by atoms with Crippen LogP contribution in [0.3, 0.4) is 0 Å². The first kappa shape index (κ1) is 16.9. The van der Waals surface area contributed by atoms with Crippen LogP contribution in [0.2, 0.25) is 10.0 Å². The van der Waals surface area contributed by atoms with Gasteiger partial charge in [0, 0.05) is 25.0 Å². The summed E-state index contributed by atoms with van der Waals surface area (Å²) in [6.07, 6.45) is 3.80. The van der Waals surface area contributed by atoms with Gasteiger partial charge in [-0.05, 0) is 36.2 Å². The van der Waals surface area contributed by atoms with Crippen molar-refractivity contribution in [2.75, 3.05) is 4.90 Å². The summed E-state index contributed by atoms with van der Waals surface area (Å²) >= 11 is 12.1. The number of aromatic nitrogens is 1. The van der Waals surface area contributed by atoms with E-state index in [0.717, 1.165) is 11.8 Å². The Morgan fingerprint density at radius 1 is 1.21 bits per heavy atom. The molecule has 4 nitrogen and oxygen atoms in total. The summed E-state index contributed by atoms with van der Waals surface area (Å²) in [6, 6.07) is 10.6. The van der Waals surface area contributed by atoms with Crippen LogP contribution in [-0.4, -0.2) is 23.2 Å². The molecule has 1 unspecified atom stereocenters. The topological polar surface area (TPSA) is 50.3 Å². The number of hydrogen-bond acceptors (Lipinski definition) is 3. The number of carbonyl (C=O) groups is 2. The lowest BCUT2D eigenvalue weighted by Crippen LogP contribution is -2.48. The van der Waals surface area contributed by atoms with E-state index in [1.54, 1.807) is 29.3 Å². The fraction of sp³-hybridized carbons (Fsp3) is 0.278. The molecule has 1 fully saturated rings. The number of nitrogens with zero attached hydrogens (tertiary/aromatic N) is 2. The molecule has 1 saturated heterocycles. The summed E-state index contributed by atoms with van der Waals surface area (Å²) in [4.78, 5) is 29.7. The maximum absolute atomic E-state index is 12.5. The van der Waals surface area contributed by atoms with Crippen molar-refractivity contribution in [2.24, 2.45) is 0 Å². The lowest BCUT2D eigenvalue weighted by molar-refractivity contribution is -0.120. The smallest absolute Gasteiger partial charge is 0.228 e. The van der Waals surface area contributed by atoms with Crippen LogP contribution in [0.25, 0.3) is 0 Å². The summed E-state index contributed by atoms with van der Waals surface area (Å²) in [5.41, 5.74) is 0.977. The van der Waals surface area contributed by atoms with Gasteiger partial charge in [0.25, 0.3) is 0 Å². The number of benzene rings is 1. The molecule has 2 heterocycles. The molecular weight excluding hydrogens is 347 g/mol. The standard InChI is InChI=1S/C18H16Cl2N2O2/c19-14-6-4-12(11-15(14)20)13-5-7-18(24)22(16(13)8-10-23)17-3-1-2-9-21-17/h1-4,6,9-11,13,16H,5,7-8H2/t13-,16?/m0/s1. The van der Waals surface area contributed by atoms with E-state index in [2.05, 4.69) is 4.98 Å². The quantitative estimate of drug-likeness (QED) is 0.763. The zero-order valence-corrected chi connectivity index (χ0v) is 14.4. The molecule has 2 atom stereocenters. The van der Waals surface area contributed by atoms with Gasteiger partial charge in [0.15, 0.2) is 0 Å². The maximum Gasteiger partial charge on any atom is 0.228 e. The van der Waals surface area contributed by atoms with E-state index < -0.39 is 0 Å². The highest BCUT2D eigenvalue weighted by Gasteiger charge is 2.37. The van der Waals surface area contributed by atoms with Crippen LogP contribution >= 0.6 is 23.2 Å². The number of amides is 1. The van der Waals surface area contributed by atoms with Gasteiger partial charge in [0.1, 0.15) is 12.1 Å². The number of carbonyl (C=O) groups excluding carboxylic acids is 2. The molecule has 0 radical (unpaired) electrons. The van der Waals surface area contributed by atoms with E-state index in [1.807, 2.05) is 18.2 Å². The van der Waals surface area contributed by atoms with Crippen LogP contribution in [-0.2, 0) is 9.59 Å². The van der Waals surface area contributed by atoms with Gasteiger partial charge < -0.3 is 4.79 Å². The van der Waals surface area contributed by atoms with Gasteiger partial charge in [-0.1, -0.05) is 35.3 Å². The summed E-state index contributed by atoms with van der Waals surface area (Å²) in [7, 11) is 0. The molecule has 1 aromatic heterocycles. The lowest BCUT2D eigenvalue weighted by atomic mass is 9.82. The largest absolute Gasteiger partial charge is 0.303 e. The highest BCUT2D eigenvalue weighted by molar-refractivity contribution is 6.42. The number of anilines is 1. The molecule has 2 aromatic rings. The zero-order chi connectivity index (χ0) is 17.1. The normalized spacial score (nSPS) is 20.9. The molecule has 1 aromatic carbocycles. The molecule has 1 aliphatic heterocycles. The second-order valence-corrected chi connectivity index (χ2v) is 6.55. The first-order valence-electron chi connectivity index (χ1n) is 7.73. The number of pyridine rings is 1. The van der Waals surface area contributed by atoms with E-state index >= 15 is 0 Å². The molecule has 0 bridgehead atoms. The van der Waals surface area contributed by atoms with Crippen LogP contribution in [0.1, 0.15) is 30.7 Å². The Labute approximate surface area is 150 Å². The molecule has 3 rings (SSSR count). The summed E-state index contributed by atoms with van der Waals surface area (Å²) < 4.78 is 0. The summed E-state index contributed by atoms with van der Waals surface area (Å²) in [5, 5.41) is 0.959. The van der Waals surface area contributed by atoms with Gasteiger partial charge in [-0.3, -0.25) is 9.69 Å². The number of halogens is 2. The van der Waals surface area contributed by atoms with Gasteiger partial charge in [0.05, 0.1) is 16.1 Å². The molecule has 24 heavy (non-hydrogen) atoms. The third-order valence-electron chi connectivity index (χ3n) is 4.34. The van der Waals surface area contributed by atoms with Crippen LogP contribution < -0.4 is 4.90 Å². The van der Waals surface area contributed by atoms with Crippen LogP contribution in [0, 0.1) is 0 Å². The summed E-state index contributed by atoms with van der Waals surface area (Å²) in [6.45, 7) is 0. The van der Waals surface area contributed by atoms with E-state index in [0.29, 0.717) is 28.7 Å². The van der Waals surface area contributed by atoms with Crippen molar-refractivity contribution < 1.29 is 9.59 Å². The highest BCUT2D eigenvalue weighted by atomic mass is 35.5. The molecule has 6 heteroatoms. The summed E-state index contributed by atoms with van der Waals surface area (Å²) in [5.74, 6) is 0.556. The van der Waals surface area contributed by atoms with Crippen molar-refractivity contribution >= 4 is 41.2 Å². The van der Waals surface area contributed by atoms with Crippen molar-refractivity contribution in [1.29, 1.82) is 0 Å². The lowest BCUT2D eigenvalue weighted by Gasteiger charge is -2.40. The predicted molar refractivity (Wildman–Crippen MR) is 94.6 cm³/mol. The Morgan fingerprint density at radius 2 is 2.04 bits per heavy atom. The fourth-order valence-electron chi connectivity index (χ4n) is 3.25. The first-order chi connectivity index (χ1) is 11.6. The van der Waals surface area contributed by atoms with E-state index in [9.17, 15) is 9.59 Å². The Bertz CT molecular complexity index is 752. The monoisotopic (exact) mass is 362 g/mol.